The van der Waals surface area contributed by atoms with Gasteiger partial charge in [0.05, 0.1) is 24.7 Å². The van der Waals surface area contributed by atoms with Crippen molar-refractivity contribution in [1.82, 2.24) is 4.98 Å². The first-order valence-electron chi connectivity index (χ1n) is 15.6. The molecule has 3 aromatic rings. The minimum absolute atomic E-state index is 0.122. The molecule has 0 radical (unpaired) electrons. The second-order valence-corrected chi connectivity index (χ2v) is 20.2. The van der Waals surface area contributed by atoms with Crippen LogP contribution in [0.25, 0.3) is 11.3 Å². The number of aliphatic imine (C=N–C) groups is 1. The summed E-state index contributed by atoms with van der Waals surface area (Å²) in [5, 5.41) is 0. The van der Waals surface area contributed by atoms with E-state index in [9.17, 15) is 8.42 Å². The smallest absolute Gasteiger partial charge is 0.233 e. The monoisotopic (exact) mass is 656 g/mol. The van der Waals surface area contributed by atoms with Gasteiger partial charge in [0.15, 0.2) is 9.84 Å². The van der Waals surface area contributed by atoms with Crippen molar-refractivity contribution < 1.29 is 31.8 Å². The van der Waals surface area contributed by atoms with Gasteiger partial charge in [0, 0.05) is 30.7 Å². The highest BCUT2D eigenvalue weighted by Gasteiger charge is 2.45. The van der Waals surface area contributed by atoms with Crippen LogP contribution in [-0.4, -0.2) is 72.9 Å². The van der Waals surface area contributed by atoms with Crippen molar-refractivity contribution in [2.24, 2.45) is 4.99 Å². The maximum absolute atomic E-state index is 11.9. The van der Waals surface area contributed by atoms with Gasteiger partial charge in [-0.15, -0.1) is 0 Å². The molecule has 4 rings (SSSR count). The van der Waals surface area contributed by atoms with Crippen molar-refractivity contribution >= 4 is 24.1 Å². The van der Waals surface area contributed by atoms with Crippen LogP contribution in [-0.2, 0) is 23.7 Å². The maximum Gasteiger partial charge on any atom is 0.233 e. The number of nitrogens with zero attached hydrogens (tertiary/aromatic N) is 1. The van der Waals surface area contributed by atoms with Crippen molar-refractivity contribution in [2.75, 3.05) is 33.1 Å². The normalized spacial score (nSPS) is 16.3. The average Bonchev–Trinajstić information content (AvgIpc) is 3.63. The molecule has 0 saturated heterocycles. The van der Waals surface area contributed by atoms with Crippen LogP contribution >= 0.6 is 0 Å². The van der Waals surface area contributed by atoms with Crippen LogP contribution in [0, 0.1) is 0 Å². The topological polar surface area (TPSA) is 108 Å². The lowest BCUT2D eigenvalue weighted by molar-refractivity contribution is 0.0920. The second-order valence-electron chi connectivity index (χ2n) is 12.7. The third kappa shape index (κ3) is 8.38. The zero-order chi connectivity index (χ0) is 32.9. The van der Waals surface area contributed by atoms with E-state index in [1.54, 1.807) is 25.3 Å². The predicted molar refractivity (Wildman–Crippen MR) is 181 cm³/mol. The fourth-order valence-corrected chi connectivity index (χ4v) is 12.4. The van der Waals surface area contributed by atoms with Gasteiger partial charge in [-0.05, 0) is 72.1 Å². The van der Waals surface area contributed by atoms with Crippen molar-refractivity contribution in [1.29, 1.82) is 0 Å². The Balaban J connectivity index is 1.52. The van der Waals surface area contributed by atoms with Gasteiger partial charge >= 0.3 is 0 Å². The van der Waals surface area contributed by atoms with Crippen LogP contribution in [0.1, 0.15) is 54.2 Å². The Labute approximate surface area is 269 Å². The van der Waals surface area contributed by atoms with E-state index in [2.05, 4.69) is 46.5 Å². The minimum atomic E-state index is -3.31. The molecule has 1 aromatic heterocycles. The number of sulfone groups is 1. The number of aromatic nitrogens is 1. The Morgan fingerprint density at radius 3 is 2.11 bits per heavy atom. The van der Waals surface area contributed by atoms with Crippen molar-refractivity contribution in [3.05, 3.63) is 60.3 Å². The van der Waals surface area contributed by atoms with Gasteiger partial charge in [0.2, 0.25) is 14.2 Å². The first-order chi connectivity index (χ1) is 21.2. The fraction of sp³-hybridized carbons (Fsp3) is 0.500. The molecular weight excluding hydrogens is 609 g/mol. The Hall–Kier alpha value is -3.12. The van der Waals surface area contributed by atoms with Gasteiger partial charge in [0.1, 0.15) is 35.2 Å². The first kappa shape index (κ1) is 34.7. The molecule has 2 aromatic carbocycles. The predicted octanol–water partition coefficient (Wildman–Crippen LogP) is 7.63. The number of ether oxygens (including phenoxy) is 4. The van der Waals surface area contributed by atoms with E-state index >= 15 is 0 Å². The van der Waals surface area contributed by atoms with Gasteiger partial charge < -0.3 is 28.4 Å². The highest BCUT2D eigenvalue weighted by molar-refractivity contribution is 7.90. The van der Waals surface area contributed by atoms with Gasteiger partial charge in [0.25, 0.3) is 0 Å². The summed E-state index contributed by atoms with van der Waals surface area (Å²) in [5.41, 5.74) is 3.97. The minimum Gasteiger partial charge on any atom is -0.488 e. The molecule has 246 valence electrons. The van der Waals surface area contributed by atoms with E-state index in [0.29, 0.717) is 59.5 Å². The first-order valence-corrected chi connectivity index (χ1v) is 19.6. The molecule has 2 heterocycles. The van der Waals surface area contributed by atoms with Crippen LogP contribution in [0.5, 0.6) is 17.2 Å². The lowest BCUT2D eigenvalue weighted by atomic mass is 10.1. The van der Waals surface area contributed by atoms with Crippen molar-refractivity contribution in [2.45, 2.75) is 82.2 Å². The molecule has 1 aliphatic heterocycles. The second kappa shape index (κ2) is 14.5. The average molecular weight is 657 g/mol. The van der Waals surface area contributed by atoms with Gasteiger partial charge in [-0.3, -0.25) is 0 Å². The molecule has 1 aliphatic rings. The Bertz CT molecular complexity index is 1540. The SMILES string of the molecule is COC[C@H](C)Oc1cc(Oc2ccc(S(C)(=O)=O)cc2)cc(-c2ccc(C3=NC[C@@H](CO[Si](C(C)C)(C(C)C)C(C)C)O3)[nH]2)c1. The van der Waals surface area contributed by atoms with Gasteiger partial charge in [-0.25, -0.2) is 13.4 Å². The Morgan fingerprint density at radius 1 is 0.889 bits per heavy atom. The largest absolute Gasteiger partial charge is 0.488 e. The fourth-order valence-electron chi connectivity index (χ4n) is 6.32. The maximum atomic E-state index is 11.9. The molecule has 9 nitrogen and oxygen atoms in total. The standard InChI is InChI=1S/C34H48N2O7SSi/c1-22(2)45(23(3)4,24(5)6)40-21-30-19-35-34(43-30)33-15-14-32(36-33)26-16-28(41-25(7)20-39-8)18-29(17-26)42-27-10-12-31(13-11-27)44(9,37)38/h10-18,22-25,30,36H,19-21H2,1-9H3/t25-,30-/m0/s1. The number of benzene rings is 2. The van der Waals surface area contributed by atoms with Crippen LogP contribution in [0.15, 0.2) is 64.5 Å². The zero-order valence-electron chi connectivity index (χ0n) is 27.9. The number of hydrogen-bond donors (Lipinski definition) is 1. The molecule has 0 amide bonds. The molecule has 2 atom stereocenters. The third-order valence-electron chi connectivity index (χ3n) is 8.28. The summed E-state index contributed by atoms with van der Waals surface area (Å²) in [6.07, 6.45) is 0.870. The molecular formula is C34H48N2O7SSi. The van der Waals surface area contributed by atoms with Gasteiger partial charge in [-0.2, -0.15) is 0 Å². The number of methoxy groups -OCH3 is 1. The van der Waals surface area contributed by atoms with Crippen LogP contribution in [0.2, 0.25) is 16.6 Å². The third-order valence-corrected chi connectivity index (χ3v) is 15.5. The van der Waals surface area contributed by atoms with E-state index < -0.39 is 18.2 Å². The molecule has 0 spiro atoms. The number of H-pyrrole nitrogens is 1. The van der Waals surface area contributed by atoms with E-state index in [4.69, 9.17) is 28.4 Å². The van der Waals surface area contributed by atoms with Crippen molar-refractivity contribution in [3.8, 4) is 28.5 Å². The number of nitrogens with one attached hydrogen (secondary N) is 1. The molecule has 0 saturated carbocycles. The summed E-state index contributed by atoms with van der Waals surface area (Å²) in [7, 11) is -3.68. The van der Waals surface area contributed by atoms with Crippen molar-refractivity contribution in [3.63, 3.8) is 0 Å². The van der Waals surface area contributed by atoms with E-state index in [1.807, 2.05) is 31.2 Å². The Kier molecular flexibility index (Phi) is 11.2. The molecule has 1 N–H and O–H groups in total. The Morgan fingerprint density at radius 2 is 1.51 bits per heavy atom. The highest BCUT2D eigenvalue weighted by Crippen LogP contribution is 2.42. The number of aromatic amines is 1. The summed E-state index contributed by atoms with van der Waals surface area (Å²) < 4.78 is 54.3. The summed E-state index contributed by atoms with van der Waals surface area (Å²) in [5.74, 6) is 2.22. The molecule has 0 aliphatic carbocycles. The molecule has 0 fully saturated rings. The summed E-state index contributed by atoms with van der Waals surface area (Å²) in [6.45, 7) is 17.2. The zero-order valence-corrected chi connectivity index (χ0v) is 29.7. The molecule has 45 heavy (non-hydrogen) atoms. The van der Waals surface area contributed by atoms with E-state index in [0.717, 1.165) is 17.0 Å². The lowest BCUT2D eigenvalue weighted by Gasteiger charge is -2.42. The molecule has 11 heteroatoms. The summed E-state index contributed by atoms with van der Waals surface area (Å²) in [4.78, 5) is 8.38. The van der Waals surface area contributed by atoms with Gasteiger partial charge in [-0.1, -0.05) is 41.5 Å². The van der Waals surface area contributed by atoms with E-state index in [1.165, 1.54) is 18.4 Å². The van der Waals surface area contributed by atoms with Crippen LogP contribution in [0.4, 0.5) is 0 Å². The van der Waals surface area contributed by atoms with Crippen LogP contribution < -0.4 is 9.47 Å². The van der Waals surface area contributed by atoms with E-state index in [-0.39, 0.29) is 17.1 Å². The lowest BCUT2D eigenvalue weighted by Crippen LogP contribution is -2.49. The van der Waals surface area contributed by atoms with Crippen LogP contribution in [0.3, 0.4) is 0 Å². The molecule has 0 bridgehead atoms. The highest BCUT2D eigenvalue weighted by atomic mass is 32.2. The number of hydrogen-bond acceptors (Lipinski definition) is 8. The summed E-state index contributed by atoms with van der Waals surface area (Å²) in [6, 6.07) is 15.9. The summed E-state index contributed by atoms with van der Waals surface area (Å²) >= 11 is 0. The molecule has 0 unspecified atom stereocenters. The quantitative estimate of drug-likeness (QED) is 0.168. The number of rotatable bonds is 15.